The maximum atomic E-state index is 13.5. The number of carbonyl (C=O) groups is 1. The number of rotatable bonds is 17. The van der Waals surface area contributed by atoms with Crippen LogP contribution < -0.4 is 37.5 Å². The van der Waals surface area contributed by atoms with E-state index in [0.717, 1.165) is 15.7 Å². The highest BCUT2D eigenvalue weighted by molar-refractivity contribution is 7.47. The molecule has 0 bridgehead atoms. The number of imidazole rings is 1. The van der Waals surface area contributed by atoms with E-state index in [-0.39, 0.29) is 58.9 Å². The van der Waals surface area contributed by atoms with Crippen LogP contribution in [0.25, 0.3) is 11.2 Å². The molecule has 0 amide bonds. The van der Waals surface area contributed by atoms with Gasteiger partial charge in [0.1, 0.15) is 49.1 Å². The molecular weight excluding hydrogens is 940 g/mol. The average molecular weight is 1010 g/mol. The van der Waals surface area contributed by atoms with E-state index in [1.54, 1.807) is 19.1 Å². The number of benzene rings is 2. The summed E-state index contributed by atoms with van der Waals surface area (Å²) in [5.74, 6) is 0.172. The molecule has 71 heavy (non-hydrogen) atoms. The minimum absolute atomic E-state index is 0. The second-order valence-electron chi connectivity index (χ2n) is 20.4. The number of esters is 1. The molecule has 386 valence electrons. The van der Waals surface area contributed by atoms with E-state index in [1.165, 1.54) is 17.2 Å². The van der Waals surface area contributed by atoms with Gasteiger partial charge in [-0.05, 0) is 73.4 Å². The van der Waals surface area contributed by atoms with E-state index in [4.69, 9.17) is 44.2 Å². The van der Waals surface area contributed by atoms with Gasteiger partial charge in [0.2, 0.25) is 11.9 Å². The van der Waals surface area contributed by atoms with Crippen LogP contribution in [0, 0.1) is 0 Å². The lowest BCUT2D eigenvalue weighted by atomic mass is 9.87. The standard InChI is InChI=1S/C44H56N9O12P.C4H11N/c1-9-30-32(19-35(62-30)53-24-47-40(45)51-42(53)56)65-66(57,58)61-21-33-31(64-36(54)22-60-29-16-12-27(13-17-29)44(6,7)8)18-34(63-33)52-23-46-37-38(52)49-41(50-39(37)55)48-25(2)20-59-28-14-10-26(11-15-28)43(3,4)5;1-4(2,3)5/h10-17,23-24,30-35H,2,9,18-22H2,1,3-8H3,(H,57,58)(H2,45,51,56)(H2,48,49,50,55);5H2,1-3H3/t30-,31-,32-,33-,34-,35-;/m1./s1. The Morgan fingerprint density at radius 3 is 1.94 bits per heavy atom. The zero-order valence-corrected chi connectivity index (χ0v) is 42.8. The minimum atomic E-state index is -4.86. The SMILES string of the molecule is C=C(COc1ccc(C(C)(C)C)cc1)Nc1nc2c(ncn2[C@H]2C[C@@H](OC(=O)COc3ccc(C(C)(C)C)cc3)[C@@H](COP(=O)(O)O[C@@H]3C[C@H](n4cnc(N)nc4=O)O[C@@H]3CC)O2)c(=O)[nH]1.CC(C)(C)N. The zero-order chi connectivity index (χ0) is 52.1. The molecule has 5 aromatic rings. The highest BCUT2D eigenvalue weighted by Crippen LogP contribution is 2.49. The van der Waals surface area contributed by atoms with Gasteiger partial charge in [0.25, 0.3) is 5.56 Å². The van der Waals surface area contributed by atoms with Crippen molar-refractivity contribution in [3.63, 3.8) is 0 Å². The van der Waals surface area contributed by atoms with Crippen LogP contribution in [0.4, 0.5) is 11.9 Å². The zero-order valence-electron chi connectivity index (χ0n) is 41.9. The van der Waals surface area contributed by atoms with E-state index in [2.05, 4.69) is 78.4 Å². The summed E-state index contributed by atoms with van der Waals surface area (Å²) in [5.41, 5.74) is 12.3. The van der Waals surface area contributed by atoms with Crippen LogP contribution in [-0.2, 0) is 43.4 Å². The maximum absolute atomic E-state index is 13.5. The van der Waals surface area contributed by atoms with E-state index in [0.29, 0.717) is 23.6 Å². The summed E-state index contributed by atoms with van der Waals surface area (Å²) >= 11 is 0. The summed E-state index contributed by atoms with van der Waals surface area (Å²) in [6.45, 7) is 23.3. The summed E-state index contributed by atoms with van der Waals surface area (Å²) in [5, 5.41) is 2.98. The number of aromatic nitrogens is 7. The number of nitrogens with zero attached hydrogens (tertiary/aromatic N) is 6. The third kappa shape index (κ3) is 15.3. The van der Waals surface area contributed by atoms with Gasteiger partial charge in [-0.3, -0.25) is 28.0 Å². The lowest BCUT2D eigenvalue weighted by molar-refractivity contribution is -0.155. The number of carbonyl (C=O) groups excluding carboxylic acids is 1. The first-order valence-corrected chi connectivity index (χ1v) is 24.7. The fourth-order valence-corrected chi connectivity index (χ4v) is 8.39. The van der Waals surface area contributed by atoms with Gasteiger partial charge in [0, 0.05) is 24.1 Å². The molecule has 7 rings (SSSR count). The second-order valence-corrected chi connectivity index (χ2v) is 21.8. The van der Waals surface area contributed by atoms with Crippen LogP contribution in [0.1, 0.15) is 112 Å². The van der Waals surface area contributed by atoms with Crippen LogP contribution in [0.2, 0.25) is 0 Å². The lowest BCUT2D eigenvalue weighted by Gasteiger charge is -2.23. The van der Waals surface area contributed by atoms with Crippen molar-refractivity contribution in [3.8, 4) is 11.5 Å². The summed E-state index contributed by atoms with van der Waals surface area (Å²) in [4.78, 5) is 69.0. The fraction of sp³-hybridized carbons (Fsp3) is 0.521. The van der Waals surface area contributed by atoms with Crippen LogP contribution in [0.5, 0.6) is 11.5 Å². The molecule has 5 heterocycles. The molecule has 2 aliphatic heterocycles. The molecule has 2 aromatic carbocycles. The van der Waals surface area contributed by atoms with E-state index >= 15 is 0 Å². The normalized spacial score (nSPS) is 21.2. The molecular formula is C48H67N10O12P. The molecule has 0 aliphatic carbocycles. The highest BCUT2D eigenvalue weighted by Gasteiger charge is 2.44. The Kier molecular flexibility index (Phi) is 17.0. The van der Waals surface area contributed by atoms with Gasteiger partial charge < -0.3 is 45.4 Å². The van der Waals surface area contributed by atoms with Gasteiger partial charge in [0.15, 0.2) is 17.8 Å². The van der Waals surface area contributed by atoms with E-state index in [9.17, 15) is 23.8 Å². The second kappa shape index (κ2) is 22.2. The van der Waals surface area contributed by atoms with E-state index < -0.39 is 75.1 Å². The molecule has 1 unspecified atom stereocenters. The predicted molar refractivity (Wildman–Crippen MR) is 265 cm³/mol. The molecule has 22 nitrogen and oxygen atoms in total. The van der Waals surface area contributed by atoms with Gasteiger partial charge in [-0.1, -0.05) is 79.3 Å². The molecule has 23 heteroatoms. The smallest absolute Gasteiger partial charge is 0.472 e. The van der Waals surface area contributed by atoms with Crippen molar-refractivity contribution in [2.75, 3.05) is 30.9 Å². The molecule has 7 N–H and O–H groups in total. The first-order chi connectivity index (χ1) is 33.2. The molecule has 2 fully saturated rings. The Labute approximate surface area is 412 Å². The summed E-state index contributed by atoms with van der Waals surface area (Å²) in [7, 11) is -4.86. The van der Waals surface area contributed by atoms with Crippen molar-refractivity contribution in [2.45, 2.75) is 142 Å². The number of hydrogen-bond donors (Lipinski definition) is 5. The monoisotopic (exact) mass is 1010 g/mol. The summed E-state index contributed by atoms with van der Waals surface area (Å²) in [6.07, 6.45) is -2.86. The van der Waals surface area contributed by atoms with Gasteiger partial charge in [-0.2, -0.15) is 9.97 Å². The average Bonchev–Trinajstić information content (AvgIpc) is 4.00. The number of ether oxygens (including phenoxy) is 5. The van der Waals surface area contributed by atoms with E-state index in [1.807, 2.05) is 57.2 Å². The quantitative estimate of drug-likeness (QED) is 0.0513. The van der Waals surface area contributed by atoms with Crippen molar-refractivity contribution in [2.24, 2.45) is 5.73 Å². The lowest BCUT2D eigenvalue weighted by Crippen LogP contribution is -2.33. The Balaban J connectivity index is 0.00000157. The van der Waals surface area contributed by atoms with Gasteiger partial charge in [-0.25, -0.2) is 24.1 Å². The predicted octanol–water partition coefficient (Wildman–Crippen LogP) is 6.17. The van der Waals surface area contributed by atoms with Crippen LogP contribution in [0.15, 0.2) is 83.1 Å². The Morgan fingerprint density at radius 2 is 1.38 bits per heavy atom. The molecule has 3 aromatic heterocycles. The van der Waals surface area contributed by atoms with Crippen molar-refractivity contribution < 1.29 is 47.0 Å². The third-order valence-corrected chi connectivity index (χ3v) is 12.0. The number of nitrogens with one attached hydrogen (secondary N) is 2. The van der Waals surface area contributed by atoms with Crippen molar-refractivity contribution in [1.29, 1.82) is 0 Å². The number of H-pyrrole nitrogens is 1. The minimum Gasteiger partial charge on any atom is -0.487 e. The number of hydrogen-bond acceptors (Lipinski definition) is 18. The highest BCUT2D eigenvalue weighted by atomic mass is 31.2. The largest absolute Gasteiger partial charge is 0.487 e. The van der Waals surface area contributed by atoms with Crippen LogP contribution in [-0.4, -0.2) is 94.7 Å². The molecule has 2 saturated heterocycles. The molecule has 0 spiro atoms. The molecule has 0 radical (unpaired) electrons. The third-order valence-electron chi connectivity index (χ3n) is 11.0. The first kappa shape index (κ1) is 54.3. The number of phosphoric acid groups is 1. The summed E-state index contributed by atoms with van der Waals surface area (Å²) in [6, 6.07) is 15.1. The Morgan fingerprint density at radius 1 is 0.845 bits per heavy atom. The van der Waals surface area contributed by atoms with Crippen LogP contribution >= 0.6 is 7.82 Å². The number of nitrogens with two attached hydrogens (primary N) is 2. The maximum Gasteiger partial charge on any atom is 0.472 e. The summed E-state index contributed by atoms with van der Waals surface area (Å²) < 4.78 is 56.9. The topological polar surface area (TPSA) is 294 Å². The first-order valence-electron chi connectivity index (χ1n) is 23.2. The number of phosphoric ester groups is 1. The van der Waals surface area contributed by atoms with Gasteiger partial charge in [-0.15, -0.1) is 0 Å². The van der Waals surface area contributed by atoms with Crippen molar-refractivity contribution >= 4 is 36.9 Å². The van der Waals surface area contributed by atoms with Crippen LogP contribution in [0.3, 0.4) is 0 Å². The molecule has 0 saturated carbocycles. The van der Waals surface area contributed by atoms with Gasteiger partial charge in [0.05, 0.1) is 25.1 Å². The Hall–Kier alpha value is -6.00. The molecule has 7 atom stereocenters. The van der Waals surface area contributed by atoms with Crippen molar-refractivity contribution in [1.82, 2.24) is 34.1 Å². The van der Waals surface area contributed by atoms with Crippen molar-refractivity contribution in [3.05, 3.63) is 105 Å². The van der Waals surface area contributed by atoms with Gasteiger partial charge >= 0.3 is 19.5 Å². The number of anilines is 2. The Bertz CT molecular complexity index is 2790. The number of nitrogen functional groups attached to an aromatic ring is 1. The fourth-order valence-electron chi connectivity index (χ4n) is 7.43. The molecule has 2 aliphatic rings. The number of fused-ring (bicyclic) bond motifs is 1. The number of aromatic amines is 1.